The van der Waals surface area contributed by atoms with Crippen molar-refractivity contribution in [2.45, 2.75) is 11.3 Å². The van der Waals surface area contributed by atoms with Gasteiger partial charge in [0.25, 0.3) is 5.91 Å². The number of amides is 1. The minimum absolute atomic E-state index is 0.156. The molecule has 0 fully saturated rings. The molecule has 0 unspecified atom stereocenters. The second kappa shape index (κ2) is 7.04. The van der Waals surface area contributed by atoms with Crippen molar-refractivity contribution >= 4 is 15.9 Å². The van der Waals surface area contributed by atoms with E-state index in [0.29, 0.717) is 12.1 Å². The van der Waals surface area contributed by atoms with Crippen LogP contribution in [-0.2, 0) is 10.0 Å². The number of benzene rings is 1. The maximum Gasteiger partial charge on any atom is 0.253 e. The van der Waals surface area contributed by atoms with Gasteiger partial charge in [0.05, 0.1) is 4.90 Å². The maximum absolute atomic E-state index is 12.2. The Hall–Kier alpha value is -1.70. The summed E-state index contributed by atoms with van der Waals surface area (Å²) in [4.78, 5) is 13.4. The molecule has 1 aliphatic rings. The Labute approximate surface area is 131 Å². The molecule has 7 heteroatoms. The predicted octanol–water partition coefficient (Wildman–Crippen LogP) is 0.586. The van der Waals surface area contributed by atoms with E-state index in [9.17, 15) is 13.2 Å². The molecule has 1 amide bonds. The topological polar surface area (TPSA) is 78.5 Å². The number of sulfonamides is 1. The molecule has 1 heterocycles. The van der Waals surface area contributed by atoms with Crippen LogP contribution in [0.2, 0.25) is 0 Å². The fraction of sp³-hybridized carbons (Fsp3) is 0.400. The molecule has 0 aromatic heterocycles. The number of hydrogen-bond donors (Lipinski definition) is 2. The zero-order valence-corrected chi connectivity index (χ0v) is 13.6. The molecule has 0 radical (unpaired) electrons. The van der Waals surface area contributed by atoms with Crippen molar-refractivity contribution in [3.8, 4) is 0 Å². The number of carbonyl (C=O) groups is 1. The first-order chi connectivity index (χ1) is 10.4. The fourth-order valence-corrected chi connectivity index (χ4v) is 3.17. The second-order valence-electron chi connectivity index (χ2n) is 5.37. The van der Waals surface area contributed by atoms with Crippen LogP contribution in [-0.4, -0.2) is 53.0 Å². The van der Waals surface area contributed by atoms with E-state index >= 15 is 0 Å². The normalized spacial score (nSPS) is 15.3. The van der Waals surface area contributed by atoms with Gasteiger partial charge in [-0.3, -0.25) is 4.79 Å². The zero-order valence-electron chi connectivity index (χ0n) is 12.8. The lowest BCUT2D eigenvalue weighted by Gasteiger charge is -2.15. The Balaban J connectivity index is 2.06. The average molecular weight is 323 g/mol. The van der Waals surface area contributed by atoms with E-state index in [1.165, 1.54) is 29.2 Å². The van der Waals surface area contributed by atoms with Crippen LogP contribution in [0.5, 0.6) is 0 Å². The van der Waals surface area contributed by atoms with Gasteiger partial charge in [-0.05, 0) is 37.2 Å². The molecule has 0 saturated carbocycles. The van der Waals surface area contributed by atoms with Gasteiger partial charge >= 0.3 is 0 Å². The molecule has 0 atom stereocenters. The van der Waals surface area contributed by atoms with Gasteiger partial charge < -0.3 is 10.2 Å². The summed E-state index contributed by atoms with van der Waals surface area (Å²) >= 11 is 0. The van der Waals surface area contributed by atoms with Crippen molar-refractivity contribution in [1.29, 1.82) is 0 Å². The highest BCUT2D eigenvalue weighted by Crippen LogP contribution is 2.12. The van der Waals surface area contributed by atoms with Gasteiger partial charge in [0.15, 0.2) is 0 Å². The Morgan fingerprint density at radius 3 is 2.50 bits per heavy atom. The van der Waals surface area contributed by atoms with Crippen molar-refractivity contribution in [2.24, 2.45) is 0 Å². The van der Waals surface area contributed by atoms with E-state index in [0.717, 1.165) is 25.1 Å². The van der Waals surface area contributed by atoms with E-state index in [4.69, 9.17) is 0 Å². The van der Waals surface area contributed by atoms with E-state index in [2.05, 4.69) is 10.0 Å². The molecule has 0 bridgehead atoms. The minimum atomic E-state index is -3.56. The lowest BCUT2D eigenvalue weighted by Crippen LogP contribution is -2.29. The summed E-state index contributed by atoms with van der Waals surface area (Å²) in [5.41, 5.74) is 1.55. The Morgan fingerprint density at radius 1 is 1.27 bits per heavy atom. The van der Waals surface area contributed by atoms with Crippen LogP contribution < -0.4 is 10.0 Å². The van der Waals surface area contributed by atoms with Crippen molar-refractivity contribution in [1.82, 2.24) is 14.9 Å². The van der Waals surface area contributed by atoms with Crippen LogP contribution in [0.3, 0.4) is 0 Å². The molecular weight excluding hydrogens is 302 g/mol. The van der Waals surface area contributed by atoms with E-state index in [1.54, 1.807) is 14.1 Å². The maximum atomic E-state index is 12.2. The first-order valence-corrected chi connectivity index (χ1v) is 8.58. The molecule has 6 nitrogen and oxygen atoms in total. The van der Waals surface area contributed by atoms with E-state index in [1.807, 2.05) is 6.08 Å². The molecule has 120 valence electrons. The molecule has 2 rings (SSSR count). The number of carbonyl (C=O) groups excluding carboxylic acids is 1. The van der Waals surface area contributed by atoms with Gasteiger partial charge in [-0.2, -0.15) is 0 Å². The molecule has 1 aromatic rings. The summed E-state index contributed by atoms with van der Waals surface area (Å²) in [6, 6.07) is 5.97. The third-order valence-corrected chi connectivity index (χ3v) is 4.88. The summed E-state index contributed by atoms with van der Waals surface area (Å²) in [5.74, 6) is -0.156. The van der Waals surface area contributed by atoms with Crippen LogP contribution in [0.1, 0.15) is 16.8 Å². The summed E-state index contributed by atoms with van der Waals surface area (Å²) < 4.78 is 27.1. The van der Waals surface area contributed by atoms with Crippen LogP contribution in [0, 0.1) is 0 Å². The Kier molecular flexibility index (Phi) is 5.33. The van der Waals surface area contributed by atoms with Gasteiger partial charge in [-0.15, -0.1) is 0 Å². The number of nitrogens with zero attached hydrogens (tertiary/aromatic N) is 1. The molecule has 22 heavy (non-hydrogen) atoms. The predicted molar refractivity (Wildman–Crippen MR) is 85.2 cm³/mol. The van der Waals surface area contributed by atoms with Gasteiger partial charge in [0.2, 0.25) is 10.0 Å². The average Bonchev–Trinajstić information content (AvgIpc) is 2.53. The standard InChI is InChI=1S/C15H21N3O3S/c1-18(2)15(19)13-3-5-14(6-4-13)22(20,21)17-11-12-7-9-16-10-8-12/h3-7,16-17H,8-11H2,1-2H3. The monoisotopic (exact) mass is 323 g/mol. The molecular formula is C15H21N3O3S. The van der Waals surface area contributed by atoms with Gasteiger partial charge in [0.1, 0.15) is 0 Å². The van der Waals surface area contributed by atoms with Crippen molar-refractivity contribution in [3.05, 3.63) is 41.5 Å². The van der Waals surface area contributed by atoms with Crippen LogP contribution in [0.4, 0.5) is 0 Å². The SMILES string of the molecule is CN(C)C(=O)c1ccc(S(=O)(=O)NCC2=CCNCC2)cc1. The largest absolute Gasteiger partial charge is 0.345 e. The fourth-order valence-electron chi connectivity index (χ4n) is 2.14. The summed E-state index contributed by atoms with van der Waals surface area (Å²) in [7, 11) is -0.250. The minimum Gasteiger partial charge on any atom is -0.345 e. The number of rotatable bonds is 5. The molecule has 2 N–H and O–H groups in total. The molecule has 0 saturated heterocycles. The number of hydrogen-bond acceptors (Lipinski definition) is 4. The highest BCUT2D eigenvalue weighted by atomic mass is 32.2. The lowest BCUT2D eigenvalue weighted by molar-refractivity contribution is 0.0827. The number of nitrogens with one attached hydrogen (secondary N) is 2. The highest BCUT2D eigenvalue weighted by Gasteiger charge is 2.16. The van der Waals surface area contributed by atoms with Crippen molar-refractivity contribution in [2.75, 3.05) is 33.7 Å². The first-order valence-electron chi connectivity index (χ1n) is 7.10. The van der Waals surface area contributed by atoms with E-state index < -0.39 is 10.0 Å². The first kappa shape index (κ1) is 16.7. The summed E-state index contributed by atoms with van der Waals surface area (Å²) in [5, 5.41) is 3.18. The second-order valence-corrected chi connectivity index (χ2v) is 7.13. The quantitative estimate of drug-likeness (QED) is 0.777. The molecule has 1 aliphatic heterocycles. The summed E-state index contributed by atoms with van der Waals surface area (Å²) in [6.07, 6.45) is 2.85. The molecule has 0 aliphatic carbocycles. The zero-order chi connectivity index (χ0) is 16.2. The highest BCUT2D eigenvalue weighted by molar-refractivity contribution is 7.89. The van der Waals surface area contributed by atoms with Gasteiger partial charge in [-0.1, -0.05) is 11.6 Å². The van der Waals surface area contributed by atoms with Crippen molar-refractivity contribution in [3.63, 3.8) is 0 Å². The van der Waals surface area contributed by atoms with Gasteiger partial charge in [0, 0.05) is 32.7 Å². The van der Waals surface area contributed by atoms with Crippen LogP contribution >= 0.6 is 0 Å². The summed E-state index contributed by atoms with van der Waals surface area (Å²) in [6.45, 7) is 1.97. The lowest BCUT2D eigenvalue weighted by atomic mass is 10.1. The Bertz CT molecular complexity index is 664. The molecule has 1 aromatic carbocycles. The van der Waals surface area contributed by atoms with Crippen LogP contribution in [0.15, 0.2) is 40.8 Å². The third-order valence-electron chi connectivity index (χ3n) is 3.46. The third kappa shape index (κ3) is 4.16. The van der Waals surface area contributed by atoms with Crippen molar-refractivity contribution < 1.29 is 13.2 Å². The van der Waals surface area contributed by atoms with Gasteiger partial charge in [-0.25, -0.2) is 13.1 Å². The van der Waals surface area contributed by atoms with Crippen LogP contribution in [0.25, 0.3) is 0 Å². The van der Waals surface area contributed by atoms with E-state index in [-0.39, 0.29) is 10.8 Å². The smallest absolute Gasteiger partial charge is 0.253 e. The Morgan fingerprint density at radius 2 is 1.95 bits per heavy atom. The molecule has 0 spiro atoms.